The molecule has 1 fully saturated rings. The van der Waals surface area contributed by atoms with Gasteiger partial charge in [0.25, 0.3) is 0 Å². The van der Waals surface area contributed by atoms with Crippen molar-refractivity contribution in [1.29, 1.82) is 0 Å². The highest BCUT2D eigenvalue weighted by Gasteiger charge is 2.19. The van der Waals surface area contributed by atoms with Gasteiger partial charge in [0.2, 0.25) is 5.91 Å². The molecule has 1 aliphatic carbocycles. The SMILES string of the molecule is Cc1ccc(CSCC(=O)NCC2CCC(O)CC2)cc1. The van der Waals surface area contributed by atoms with Crippen LogP contribution < -0.4 is 5.32 Å². The molecule has 4 heteroatoms. The van der Waals surface area contributed by atoms with Crippen molar-refractivity contribution in [3.8, 4) is 0 Å². The molecule has 0 spiro atoms. The fraction of sp³-hybridized carbons (Fsp3) is 0.588. The molecule has 1 aromatic rings. The smallest absolute Gasteiger partial charge is 0.230 e. The molecule has 0 atom stereocenters. The Bertz CT molecular complexity index is 439. The van der Waals surface area contributed by atoms with Gasteiger partial charge in [-0.05, 0) is 44.1 Å². The summed E-state index contributed by atoms with van der Waals surface area (Å²) in [6, 6.07) is 8.45. The van der Waals surface area contributed by atoms with Gasteiger partial charge >= 0.3 is 0 Å². The van der Waals surface area contributed by atoms with Crippen LogP contribution in [0.1, 0.15) is 36.8 Å². The Labute approximate surface area is 131 Å². The lowest BCUT2D eigenvalue weighted by Gasteiger charge is -2.25. The second kappa shape index (κ2) is 8.44. The molecule has 3 nitrogen and oxygen atoms in total. The van der Waals surface area contributed by atoms with E-state index in [0.29, 0.717) is 11.7 Å². The average molecular weight is 307 g/mol. The number of rotatable bonds is 6. The Balaban J connectivity index is 1.58. The number of aryl methyl sites for hydroxylation is 1. The number of benzene rings is 1. The van der Waals surface area contributed by atoms with E-state index in [1.165, 1.54) is 11.1 Å². The molecule has 1 aromatic carbocycles. The maximum Gasteiger partial charge on any atom is 0.230 e. The third-order valence-corrected chi connectivity index (χ3v) is 5.03. The molecule has 21 heavy (non-hydrogen) atoms. The Kier molecular flexibility index (Phi) is 6.58. The highest BCUT2D eigenvalue weighted by atomic mass is 32.2. The second-order valence-corrected chi connectivity index (χ2v) is 6.94. The molecule has 0 heterocycles. The van der Waals surface area contributed by atoms with Gasteiger partial charge in [0.15, 0.2) is 0 Å². The van der Waals surface area contributed by atoms with Crippen molar-refractivity contribution in [3.63, 3.8) is 0 Å². The first-order valence-electron chi connectivity index (χ1n) is 7.71. The van der Waals surface area contributed by atoms with Crippen LogP contribution in [0.3, 0.4) is 0 Å². The first kappa shape index (κ1) is 16.4. The quantitative estimate of drug-likeness (QED) is 0.849. The van der Waals surface area contributed by atoms with Crippen molar-refractivity contribution in [1.82, 2.24) is 5.32 Å². The molecule has 0 bridgehead atoms. The number of hydrogen-bond donors (Lipinski definition) is 2. The zero-order valence-corrected chi connectivity index (χ0v) is 13.5. The summed E-state index contributed by atoms with van der Waals surface area (Å²) >= 11 is 1.66. The van der Waals surface area contributed by atoms with Crippen molar-refractivity contribution in [2.75, 3.05) is 12.3 Å². The topological polar surface area (TPSA) is 49.3 Å². The maximum atomic E-state index is 11.8. The van der Waals surface area contributed by atoms with Gasteiger partial charge in [-0.2, -0.15) is 0 Å². The summed E-state index contributed by atoms with van der Waals surface area (Å²) in [5.74, 6) is 2.06. The minimum Gasteiger partial charge on any atom is -0.393 e. The predicted octanol–water partition coefficient (Wildman–Crippen LogP) is 2.90. The Hall–Kier alpha value is -1.00. The van der Waals surface area contributed by atoms with Crippen molar-refractivity contribution in [2.24, 2.45) is 5.92 Å². The van der Waals surface area contributed by atoms with Crippen LogP contribution in [0.2, 0.25) is 0 Å². The number of aliphatic hydroxyl groups excluding tert-OH is 1. The van der Waals surface area contributed by atoms with Crippen LogP contribution in [-0.2, 0) is 10.5 Å². The number of carbonyl (C=O) groups excluding carboxylic acids is 1. The zero-order valence-electron chi connectivity index (χ0n) is 12.7. The van der Waals surface area contributed by atoms with Gasteiger partial charge in [0.05, 0.1) is 11.9 Å². The van der Waals surface area contributed by atoms with Crippen LogP contribution in [0, 0.1) is 12.8 Å². The molecule has 0 aromatic heterocycles. The van der Waals surface area contributed by atoms with Crippen LogP contribution in [0.4, 0.5) is 0 Å². The lowest BCUT2D eigenvalue weighted by molar-refractivity contribution is -0.118. The Morgan fingerprint density at radius 3 is 2.57 bits per heavy atom. The fourth-order valence-corrected chi connectivity index (χ4v) is 3.42. The summed E-state index contributed by atoms with van der Waals surface area (Å²) in [4.78, 5) is 11.8. The summed E-state index contributed by atoms with van der Waals surface area (Å²) in [6.07, 6.45) is 3.68. The van der Waals surface area contributed by atoms with E-state index in [1.807, 2.05) is 0 Å². The van der Waals surface area contributed by atoms with Crippen LogP contribution in [0.5, 0.6) is 0 Å². The van der Waals surface area contributed by atoms with E-state index in [-0.39, 0.29) is 12.0 Å². The highest BCUT2D eigenvalue weighted by molar-refractivity contribution is 7.99. The van der Waals surface area contributed by atoms with Crippen molar-refractivity contribution in [2.45, 2.75) is 44.5 Å². The van der Waals surface area contributed by atoms with E-state index in [9.17, 15) is 9.90 Å². The van der Waals surface area contributed by atoms with Crippen LogP contribution in [-0.4, -0.2) is 29.4 Å². The van der Waals surface area contributed by atoms with E-state index in [1.54, 1.807) is 11.8 Å². The first-order chi connectivity index (χ1) is 10.1. The molecule has 2 rings (SSSR count). The number of carbonyl (C=O) groups is 1. The van der Waals surface area contributed by atoms with Gasteiger partial charge in [0, 0.05) is 12.3 Å². The van der Waals surface area contributed by atoms with Crippen LogP contribution in [0.15, 0.2) is 24.3 Å². The van der Waals surface area contributed by atoms with Crippen molar-refractivity contribution in [3.05, 3.63) is 35.4 Å². The first-order valence-corrected chi connectivity index (χ1v) is 8.87. The van der Waals surface area contributed by atoms with Gasteiger partial charge in [-0.25, -0.2) is 0 Å². The van der Waals surface area contributed by atoms with E-state index in [4.69, 9.17) is 0 Å². The Morgan fingerprint density at radius 1 is 1.24 bits per heavy atom. The largest absolute Gasteiger partial charge is 0.393 e. The summed E-state index contributed by atoms with van der Waals surface area (Å²) in [6.45, 7) is 2.84. The molecule has 0 radical (unpaired) electrons. The number of thioether (sulfide) groups is 1. The summed E-state index contributed by atoms with van der Waals surface area (Å²) < 4.78 is 0. The monoisotopic (exact) mass is 307 g/mol. The third-order valence-electron chi connectivity index (χ3n) is 4.03. The highest BCUT2D eigenvalue weighted by Crippen LogP contribution is 2.23. The van der Waals surface area contributed by atoms with E-state index in [0.717, 1.165) is 38.0 Å². The molecular weight excluding hydrogens is 282 g/mol. The number of amides is 1. The minimum atomic E-state index is -0.123. The summed E-state index contributed by atoms with van der Waals surface area (Å²) in [5, 5.41) is 12.5. The molecule has 1 saturated carbocycles. The Morgan fingerprint density at radius 2 is 1.90 bits per heavy atom. The molecule has 2 N–H and O–H groups in total. The van der Waals surface area contributed by atoms with Crippen molar-refractivity contribution >= 4 is 17.7 Å². The van der Waals surface area contributed by atoms with E-state index >= 15 is 0 Å². The molecule has 0 saturated heterocycles. The standard InChI is InChI=1S/C17H25NO2S/c1-13-2-4-15(5-3-13)11-21-12-17(20)18-10-14-6-8-16(19)9-7-14/h2-5,14,16,19H,6-12H2,1H3,(H,18,20). The average Bonchev–Trinajstić information content (AvgIpc) is 2.49. The fourth-order valence-electron chi connectivity index (χ4n) is 2.60. The molecule has 0 unspecified atom stereocenters. The third kappa shape index (κ3) is 6.10. The lowest BCUT2D eigenvalue weighted by Crippen LogP contribution is -2.33. The van der Waals surface area contributed by atoms with Gasteiger partial charge in [-0.15, -0.1) is 11.8 Å². The molecule has 1 aliphatic rings. The molecule has 0 aliphatic heterocycles. The van der Waals surface area contributed by atoms with Gasteiger partial charge in [0.1, 0.15) is 0 Å². The number of hydrogen-bond acceptors (Lipinski definition) is 3. The van der Waals surface area contributed by atoms with E-state index < -0.39 is 0 Å². The zero-order chi connectivity index (χ0) is 15.1. The number of aliphatic hydroxyl groups is 1. The summed E-state index contributed by atoms with van der Waals surface area (Å²) in [7, 11) is 0. The normalized spacial score (nSPS) is 22.0. The predicted molar refractivity (Wildman–Crippen MR) is 88.3 cm³/mol. The van der Waals surface area contributed by atoms with E-state index in [2.05, 4.69) is 36.5 Å². The molecular formula is C17H25NO2S. The van der Waals surface area contributed by atoms with Crippen LogP contribution >= 0.6 is 11.8 Å². The lowest BCUT2D eigenvalue weighted by atomic mass is 9.87. The minimum absolute atomic E-state index is 0.123. The van der Waals surface area contributed by atoms with Gasteiger partial charge < -0.3 is 10.4 Å². The summed E-state index contributed by atoms with van der Waals surface area (Å²) in [5.41, 5.74) is 2.53. The molecule has 1 amide bonds. The van der Waals surface area contributed by atoms with Gasteiger partial charge in [-0.3, -0.25) is 4.79 Å². The van der Waals surface area contributed by atoms with Crippen molar-refractivity contribution < 1.29 is 9.90 Å². The van der Waals surface area contributed by atoms with Crippen LogP contribution in [0.25, 0.3) is 0 Å². The maximum absolute atomic E-state index is 11.8. The van der Waals surface area contributed by atoms with Gasteiger partial charge in [-0.1, -0.05) is 29.8 Å². The molecule has 116 valence electrons. The second-order valence-electron chi connectivity index (χ2n) is 5.96. The number of nitrogens with one attached hydrogen (secondary N) is 1.